The minimum Gasteiger partial charge on any atom is -0.497 e. The van der Waals surface area contributed by atoms with Crippen LogP contribution in [0.3, 0.4) is 0 Å². The Morgan fingerprint density at radius 2 is 1.56 bits per heavy atom. The number of para-hydroxylation sites is 1. The molecule has 3 aromatic carbocycles. The van der Waals surface area contributed by atoms with Crippen LogP contribution in [0.1, 0.15) is 5.56 Å². The van der Waals surface area contributed by atoms with E-state index in [1.807, 2.05) is 18.2 Å². The van der Waals surface area contributed by atoms with Crippen molar-refractivity contribution in [2.45, 2.75) is 11.8 Å². The molecule has 168 valence electrons. The number of amides is 1. The number of benzene rings is 3. The molecule has 3 rings (SSSR count). The normalized spacial score (nSPS) is 11.0. The van der Waals surface area contributed by atoms with E-state index < -0.39 is 22.5 Å². The van der Waals surface area contributed by atoms with Gasteiger partial charge in [0.1, 0.15) is 22.9 Å². The van der Waals surface area contributed by atoms with E-state index in [2.05, 4.69) is 0 Å². The highest BCUT2D eigenvalue weighted by Crippen LogP contribution is 2.32. The van der Waals surface area contributed by atoms with Crippen molar-refractivity contribution < 1.29 is 22.7 Å². The number of sulfonamides is 1. The second-order valence-corrected chi connectivity index (χ2v) is 8.99. The zero-order chi connectivity index (χ0) is 23.3. The Hall–Kier alpha value is -3.52. The predicted molar refractivity (Wildman–Crippen MR) is 125 cm³/mol. The Morgan fingerprint density at radius 3 is 2.22 bits per heavy atom. The minimum atomic E-state index is -4.15. The average Bonchev–Trinajstić information content (AvgIpc) is 2.82. The molecule has 7 nitrogen and oxygen atoms in total. The summed E-state index contributed by atoms with van der Waals surface area (Å²) in [6.07, 6.45) is 0. The summed E-state index contributed by atoms with van der Waals surface area (Å²) in [6, 6.07) is 20.5. The molecule has 0 spiro atoms. The lowest BCUT2D eigenvalue weighted by Gasteiger charge is -2.27. The van der Waals surface area contributed by atoms with Gasteiger partial charge < -0.3 is 14.4 Å². The number of methoxy groups -OCH3 is 2. The van der Waals surface area contributed by atoms with E-state index in [9.17, 15) is 13.2 Å². The number of anilines is 2. The fourth-order valence-corrected chi connectivity index (χ4v) is 4.86. The molecule has 0 aliphatic rings. The number of nitrogens with zero attached hydrogens (tertiary/aromatic N) is 2. The predicted octanol–water partition coefficient (Wildman–Crippen LogP) is 3.87. The van der Waals surface area contributed by atoms with Gasteiger partial charge in [0.05, 0.1) is 19.9 Å². The third-order valence-corrected chi connectivity index (χ3v) is 6.82. The third kappa shape index (κ3) is 4.86. The zero-order valence-electron chi connectivity index (χ0n) is 18.5. The van der Waals surface area contributed by atoms with E-state index in [0.29, 0.717) is 17.1 Å². The van der Waals surface area contributed by atoms with Crippen LogP contribution in [0, 0.1) is 6.92 Å². The van der Waals surface area contributed by atoms with Crippen LogP contribution in [-0.2, 0) is 14.8 Å². The lowest BCUT2D eigenvalue weighted by molar-refractivity contribution is -0.116. The second kappa shape index (κ2) is 9.74. The molecule has 0 radical (unpaired) electrons. The standard InChI is InChI=1S/C24H26N2O5S/c1-18-13-14-22(31-4)23(15-18)32(28,29)26(20-11-8-12-21(16-20)30-3)17-24(27)25(2)19-9-6-5-7-10-19/h5-16H,17H2,1-4H3. The molecule has 1 amide bonds. The number of carbonyl (C=O) groups excluding carboxylic acids is 1. The number of hydrogen-bond acceptors (Lipinski definition) is 5. The maximum absolute atomic E-state index is 13.8. The van der Waals surface area contributed by atoms with Gasteiger partial charge in [-0.25, -0.2) is 8.42 Å². The van der Waals surface area contributed by atoms with E-state index in [0.717, 1.165) is 9.87 Å². The molecule has 3 aromatic rings. The van der Waals surface area contributed by atoms with Gasteiger partial charge in [-0.05, 0) is 48.9 Å². The van der Waals surface area contributed by atoms with Gasteiger partial charge in [0, 0.05) is 18.8 Å². The summed E-state index contributed by atoms with van der Waals surface area (Å²) in [5.74, 6) is 0.282. The number of aryl methyl sites for hydroxylation is 1. The van der Waals surface area contributed by atoms with E-state index in [1.165, 1.54) is 25.2 Å². The molecule has 0 bridgehead atoms. The van der Waals surface area contributed by atoms with Gasteiger partial charge in [0.2, 0.25) is 5.91 Å². The molecule has 0 aliphatic carbocycles. The Balaban J connectivity index is 2.09. The van der Waals surface area contributed by atoms with Crippen LogP contribution in [0.2, 0.25) is 0 Å². The second-order valence-electron chi connectivity index (χ2n) is 7.16. The molecule has 8 heteroatoms. The number of carbonyl (C=O) groups is 1. The highest BCUT2D eigenvalue weighted by atomic mass is 32.2. The first-order chi connectivity index (χ1) is 15.3. The van der Waals surface area contributed by atoms with Gasteiger partial charge in [0.15, 0.2) is 0 Å². The first-order valence-electron chi connectivity index (χ1n) is 9.91. The molecule has 32 heavy (non-hydrogen) atoms. The van der Waals surface area contributed by atoms with Crippen molar-refractivity contribution in [3.8, 4) is 11.5 Å². The first kappa shape index (κ1) is 23.1. The van der Waals surface area contributed by atoms with Crippen LogP contribution in [0.5, 0.6) is 11.5 Å². The highest BCUT2D eigenvalue weighted by molar-refractivity contribution is 7.93. The van der Waals surface area contributed by atoms with E-state index in [4.69, 9.17) is 9.47 Å². The Labute approximate surface area is 188 Å². The van der Waals surface area contributed by atoms with Gasteiger partial charge >= 0.3 is 0 Å². The molecule has 0 fully saturated rings. The number of ether oxygens (including phenoxy) is 2. The summed E-state index contributed by atoms with van der Waals surface area (Å²) in [5.41, 5.74) is 1.72. The smallest absolute Gasteiger partial charge is 0.268 e. The Kier molecular flexibility index (Phi) is 7.05. The summed E-state index contributed by atoms with van der Waals surface area (Å²) in [4.78, 5) is 14.5. The summed E-state index contributed by atoms with van der Waals surface area (Å²) in [7, 11) is 0.369. The van der Waals surface area contributed by atoms with Crippen molar-refractivity contribution in [1.82, 2.24) is 0 Å². The summed E-state index contributed by atoms with van der Waals surface area (Å²) in [6.45, 7) is 1.39. The van der Waals surface area contributed by atoms with Crippen LogP contribution in [0.4, 0.5) is 11.4 Å². The van der Waals surface area contributed by atoms with Gasteiger partial charge in [0.25, 0.3) is 10.0 Å². The van der Waals surface area contributed by atoms with Crippen LogP contribution >= 0.6 is 0 Å². The van der Waals surface area contributed by atoms with Crippen molar-refractivity contribution in [3.63, 3.8) is 0 Å². The maximum Gasteiger partial charge on any atom is 0.268 e. The van der Waals surface area contributed by atoms with Crippen molar-refractivity contribution in [2.24, 2.45) is 0 Å². The quantitative estimate of drug-likeness (QED) is 0.516. The topological polar surface area (TPSA) is 76.2 Å². The van der Waals surface area contributed by atoms with E-state index in [1.54, 1.807) is 62.5 Å². The molecule has 0 heterocycles. The van der Waals surface area contributed by atoms with Crippen LogP contribution in [-0.4, -0.2) is 42.1 Å². The average molecular weight is 455 g/mol. The molecule has 0 saturated heterocycles. The Bertz CT molecular complexity index is 1200. The van der Waals surface area contributed by atoms with E-state index >= 15 is 0 Å². The molecule has 0 atom stereocenters. The highest BCUT2D eigenvalue weighted by Gasteiger charge is 2.31. The third-order valence-electron chi connectivity index (χ3n) is 5.02. The largest absolute Gasteiger partial charge is 0.497 e. The molecular weight excluding hydrogens is 428 g/mol. The van der Waals surface area contributed by atoms with Gasteiger partial charge in [-0.15, -0.1) is 0 Å². The SMILES string of the molecule is COc1cccc(N(CC(=O)N(C)c2ccccc2)S(=O)(=O)c2cc(C)ccc2OC)c1. The van der Waals surface area contributed by atoms with Gasteiger partial charge in [-0.2, -0.15) is 0 Å². The van der Waals surface area contributed by atoms with Crippen LogP contribution in [0.25, 0.3) is 0 Å². The zero-order valence-corrected chi connectivity index (χ0v) is 19.3. The van der Waals surface area contributed by atoms with Crippen molar-refractivity contribution in [3.05, 3.63) is 78.4 Å². The number of rotatable bonds is 8. The summed E-state index contributed by atoms with van der Waals surface area (Å²) in [5, 5.41) is 0. The lowest BCUT2D eigenvalue weighted by Crippen LogP contribution is -2.42. The fraction of sp³-hybridized carbons (Fsp3) is 0.208. The molecule has 0 aromatic heterocycles. The maximum atomic E-state index is 13.8. The number of hydrogen-bond donors (Lipinski definition) is 0. The van der Waals surface area contributed by atoms with Crippen molar-refractivity contribution in [2.75, 3.05) is 37.0 Å². The molecule has 0 unspecified atom stereocenters. The molecule has 0 aliphatic heterocycles. The van der Waals surface area contributed by atoms with Gasteiger partial charge in [-0.3, -0.25) is 9.10 Å². The Morgan fingerprint density at radius 1 is 0.875 bits per heavy atom. The summed E-state index contributed by atoms with van der Waals surface area (Å²) < 4.78 is 39.2. The summed E-state index contributed by atoms with van der Waals surface area (Å²) >= 11 is 0. The molecular formula is C24H26N2O5S. The fourth-order valence-electron chi connectivity index (χ4n) is 3.21. The molecule has 0 saturated carbocycles. The van der Waals surface area contributed by atoms with Gasteiger partial charge in [-0.1, -0.05) is 30.3 Å². The first-order valence-corrected chi connectivity index (χ1v) is 11.3. The number of likely N-dealkylation sites (N-methyl/N-ethyl adjacent to an activating group) is 1. The minimum absolute atomic E-state index is 0.0158. The van der Waals surface area contributed by atoms with E-state index in [-0.39, 0.29) is 10.6 Å². The monoisotopic (exact) mass is 454 g/mol. The van der Waals surface area contributed by atoms with Crippen molar-refractivity contribution in [1.29, 1.82) is 0 Å². The van der Waals surface area contributed by atoms with Crippen LogP contribution < -0.4 is 18.7 Å². The molecule has 0 N–H and O–H groups in total. The van der Waals surface area contributed by atoms with Crippen molar-refractivity contribution >= 4 is 27.3 Å². The lowest BCUT2D eigenvalue weighted by atomic mass is 10.2. The van der Waals surface area contributed by atoms with Crippen LogP contribution in [0.15, 0.2) is 77.7 Å².